The summed E-state index contributed by atoms with van der Waals surface area (Å²) in [7, 11) is 2.08. The van der Waals surface area contributed by atoms with E-state index in [1.807, 2.05) is 17.2 Å². The Balaban J connectivity index is 1.35. The number of nitrogens with one attached hydrogen (secondary N) is 1. The second kappa shape index (κ2) is 9.23. The normalized spacial score (nSPS) is 18.4. The number of hydrogen-bond donors (Lipinski definition) is 3. The SMILES string of the molecule is Cc1[nH]c2c(O)cc3c(c2c1C(=O)O)[C@H](CCl)CN3C(=O)c1cc2cc(ON3CCN(C)CC3)ccc2o1. The minimum atomic E-state index is -1.12. The number of amides is 1. The highest BCUT2D eigenvalue weighted by Gasteiger charge is 2.38. The fourth-order valence-corrected chi connectivity index (χ4v) is 5.72. The van der Waals surface area contributed by atoms with Crippen LogP contribution in [0.4, 0.5) is 5.69 Å². The van der Waals surface area contributed by atoms with Gasteiger partial charge in [-0.15, -0.1) is 16.7 Å². The number of halogens is 1. The summed E-state index contributed by atoms with van der Waals surface area (Å²) >= 11 is 6.30. The Morgan fingerprint density at radius 1 is 1.18 bits per heavy atom. The van der Waals surface area contributed by atoms with E-state index >= 15 is 0 Å². The zero-order chi connectivity index (χ0) is 26.7. The first kappa shape index (κ1) is 24.6. The zero-order valence-electron chi connectivity index (χ0n) is 21.0. The molecule has 2 aliphatic heterocycles. The van der Waals surface area contributed by atoms with Crippen LogP contribution in [0.15, 0.2) is 34.7 Å². The number of alkyl halides is 1. The topological polar surface area (TPSA) is 122 Å². The number of aromatic carboxylic acids is 1. The number of phenolic OH excluding ortho intramolecular Hbond substituents is 1. The molecule has 4 aromatic rings. The number of piperazine rings is 1. The minimum absolute atomic E-state index is 0.0631. The quantitative estimate of drug-likeness (QED) is 0.324. The smallest absolute Gasteiger partial charge is 0.338 e. The Kier molecular flexibility index (Phi) is 5.97. The number of benzene rings is 2. The lowest BCUT2D eigenvalue weighted by molar-refractivity contribution is -0.0848. The van der Waals surface area contributed by atoms with E-state index in [9.17, 15) is 19.8 Å². The van der Waals surface area contributed by atoms with Gasteiger partial charge in [0.25, 0.3) is 5.91 Å². The zero-order valence-corrected chi connectivity index (χ0v) is 21.7. The van der Waals surface area contributed by atoms with Crippen LogP contribution in [-0.2, 0) is 0 Å². The molecule has 1 fully saturated rings. The first-order chi connectivity index (χ1) is 18.2. The number of fused-ring (bicyclic) bond motifs is 4. The van der Waals surface area contributed by atoms with Crippen LogP contribution in [0.3, 0.4) is 0 Å². The van der Waals surface area contributed by atoms with Crippen molar-refractivity contribution in [3.05, 3.63) is 52.9 Å². The molecule has 2 aromatic heterocycles. The summed E-state index contributed by atoms with van der Waals surface area (Å²) in [4.78, 5) is 38.5. The minimum Gasteiger partial charge on any atom is -0.506 e. The van der Waals surface area contributed by atoms with Gasteiger partial charge in [0.05, 0.1) is 16.8 Å². The number of anilines is 1. The number of likely N-dealkylation sites (N-methyl/N-ethyl adjacent to an activating group) is 1. The van der Waals surface area contributed by atoms with Crippen molar-refractivity contribution in [3.63, 3.8) is 0 Å². The average Bonchev–Trinajstić information content (AvgIpc) is 3.57. The van der Waals surface area contributed by atoms with Crippen molar-refractivity contribution in [2.45, 2.75) is 12.8 Å². The third kappa shape index (κ3) is 3.96. The van der Waals surface area contributed by atoms with Gasteiger partial charge < -0.3 is 34.3 Å². The lowest BCUT2D eigenvalue weighted by atomic mass is 9.95. The van der Waals surface area contributed by atoms with Gasteiger partial charge in [-0.05, 0) is 43.8 Å². The maximum Gasteiger partial charge on any atom is 0.338 e. The fourth-order valence-electron chi connectivity index (χ4n) is 5.47. The summed E-state index contributed by atoms with van der Waals surface area (Å²) in [6.07, 6.45) is 0. The van der Waals surface area contributed by atoms with Gasteiger partial charge >= 0.3 is 5.97 Å². The second-order valence-corrected chi connectivity index (χ2v) is 10.2. The molecule has 0 aliphatic carbocycles. The summed E-state index contributed by atoms with van der Waals surface area (Å²) in [6.45, 7) is 5.30. The molecular formula is C27H27ClN4O6. The van der Waals surface area contributed by atoms with Gasteiger partial charge in [-0.25, -0.2) is 4.79 Å². The fraction of sp³-hybridized carbons (Fsp3) is 0.333. The molecule has 10 nitrogen and oxygen atoms in total. The third-order valence-electron chi connectivity index (χ3n) is 7.40. The summed E-state index contributed by atoms with van der Waals surface area (Å²) in [5.41, 5.74) is 2.39. The number of aromatic hydroxyl groups is 1. The van der Waals surface area contributed by atoms with Crippen LogP contribution < -0.4 is 9.74 Å². The van der Waals surface area contributed by atoms with Crippen molar-refractivity contribution in [1.82, 2.24) is 14.9 Å². The summed E-state index contributed by atoms with van der Waals surface area (Å²) in [6, 6.07) is 8.57. The predicted molar refractivity (Wildman–Crippen MR) is 143 cm³/mol. The van der Waals surface area contributed by atoms with E-state index in [2.05, 4.69) is 16.9 Å². The molecule has 0 spiro atoms. The lowest BCUT2D eigenvalue weighted by Crippen LogP contribution is -2.45. The van der Waals surface area contributed by atoms with Crippen LogP contribution in [0.5, 0.6) is 11.5 Å². The van der Waals surface area contributed by atoms with Crippen LogP contribution in [0.25, 0.3) is 21.9 Å². The molecule has 11 heteroatoms. The monoisotopic (exact) mass is 538 g/mol. The number of hydroxylamine groups is 2. The van der Waals surface area contributed by atoms with E-state index in [0.717, 1.165) is 31.6 Å². The van der Waals surface area contributed by atoms with E-state index in [1.54, 1.807) is 19.1 Å². The highest BCUT2D eigenvalue weighted by Crippen LogP contribution is 2.47. The second-order valence-electron chi connectivity index (χ2n) is 9.91. The molecule has 1 atom stereocenters. The van der Waals surface area contributed by atoms with E-state index in [1.165, 1.54) is 11.0 Å². The molecule has 4 heterocycles. The van der Waals surface area contributed by atoms with Crippen LogP contribution in [0, 0.1) is 6.92 Å². The van der Waals surface area contributed by atoms with Crippen molar-refractivity contribution >= 4 is 51.0 Å². The molecule has 0 radical (unpaired) electrons. The summed E-state index contributed by atoms with van der Waals surface area (Å²) in [5.74, 6) is -1.02. The molecule has 2 aromatic carbocycles. The molecule has 0 saturated carbocycles. The molecule has 3 N–H and O–H groups in total. The highest BCUT2D eigenvalue weighted by molar-refractivity contribution is 6.20. The van der Waals surface area contributed by atoms with E-state index in [0.29, 0.717) is 39.2 Å². The number of aromatic nitrogens is 1. The van der Waals surface area contributed by atoms with Gasteiger partial charge in [-0.3, -0.25) is 4.79 Å². The summed E-state index contributed by atoms with van der Waals surface area (Å²) in [5, 5.41) is 23.6. The third-order valence-corrected chi connectivity index (χ3v) is 7.78. The largest absolute Gasteiger partial charge is 0.506 e. The van der Waals surface area contributed by atoms with Gasteiger partial charge in [0, 0.05) is 67.1 Å². The number of phenols is 1. The van der Waals surface area contributed by atoms with Crippen molar-refractivity contribution in [1.29, 1.82) is 0 Å². The number of rotatable bonds is 5. The molecule has 0 bridgehead atoms. The first-order valence-corrected chi connectivity index (χ1v) is 12.9. The summed E-state index contributed by atoms with van der Waals surface area (Å²) < 4.78 is 5.91. The van der Waals surface area contributed by atoms with Gasteiger partial charge in [-0.2, -0.15) is 0 Å². The Morgan fingerprint density at radius 3 is 2.66 bits per heavy atom. The maximum absolute atomic E-state index is 13.7. The van der Waals surface area contributed by atoms with Crippen LogP contribution in [-0.4, -0.2) is 82.7 Å². The Labute approximate surface area is 222 Å². The molecule has 2 aliphatic rings. The van der Waals surface area contributed by atoms with Crippen LogP contribution >= 0.6 is 11.6 Å². The van der Waals surface area contributed by atoms with Crippen molar-refractivity contribution in [3.8, 4) is 11.5 Å². The van der Waals surface area contributed by atoms with Gasteiger partial charge in [0.1, 0.15) is 17.1 Å². The number of nitrogens with zero attached hydrogens (tertiary/aromatic N) is 3. The number of aryl methyl sites for hydroxylation is 1. The maximum atomic E-state index is 13.7. The molecule has 0 unspecified atom stereocenters. The number of carboxylic acid groups (broad SMARTS) is 1. The average molecular weight is 539 g/mol. The number of carbonyl (C=O) groups excluding carboxylic acids is 1. The van der Waals surface area contributed by atoms with Gasteiger partial charge in [-0.1, -0.05) is 0 Å². The van der Waals surface area contributed by atoms with E-state index < -0.39 is 11.9 Å². The lowest BCUT2D eigenvalue weighted by Gasteiger charge is -2.31. The van der Waals surface area contributed by atoms with Crippen molar-refractivity contribution in [2.75, 3.05) is 50.6 Å². The predicted octanol–water partition coefficient (Wildman–Crippen LogP) is 4.15. The van der Waals surface area contributed by atoms with Crippen molar-refractivity contribution < 1.29 is 29.1 Å². The van der Waals surface area contributed by atoms with Crippen LogP contribution in [0.2, 0.25) is 0 Å². The molecule has 38 heavy (non-hydrogen) atoms. The molecule has 198 valence electrons. The van der Waals surface area contributed by atoms with Gasteiger partial charge in [0.2, 0.25) is 0 Å². The number of aromatic amines is 1. The Morgan fingerprint density at radius 2 is 1.95 bits per heavy atom. The molecular weight excluding hydrogens is 512 g/mol. The number of hydrogen-bond acceptors (Lipinski definition) is 7. The number of furan rings is 1. The standard InChI is InChI=1S/C27H27ClN4O6/c1-14-22(27(35)36)24-23-16(12-28)13-32(18(23)11-19(33)25(24)29-14)26(34)21-10-15-9-17(3-4-20(15)37-21)38-31-7-5-30(2)6-8-31/h3-4,9-11,16,29,33H,5-8,12-13H2,1-2H3,(H,35,36)/t16-/m1/s1. The van der Waals surface area contributed by atoms with E-state index in [4.69, 9.17) is 20.9 Å². The van der Waals surface area contributed by atoms with Crippen LogP contribution in [0.1, 0.15) is 38.1 Å². The van der Waals surface area contributed by atoms with Crippen molar-refractivity contribution in [2.24, 2.45) is 0 Å². The highest BCUT2D eigenvalue weighted by atomic mass is 35.5. The molecule has 1 saturated heterocycles. The molecule has 6 rings (SSSR count). The van der Waals surface area contributed by atoms with Gasteiger partial charge in [0.15, 0.2) is 5.76 Å². The molecule has 1 amide bonds. The Hall–Kier alpha value is -3.73. The Bertz CT molecular complexity index is 1590. The number of carboxylic acids is 1. The number of carbonyl (C=O) groups is 2. The number of H-pyrrole nitrogens is 1. The van der Waals surface area contributed by atoms with E-state index in [-0.39, 0.29) is 35.4 Å². The first-order valence-electron chi connectivity index (χ1n) is 12.4.